The predicted octanol–water partition coefficient (Wildman–Crippen LogP) is -1.33. The average molecular weight is 487 g/mol. The van der Waals surface area contributed by atoms with Crippen LogP contribution in [0.1, 0.15) is 6.92 Å². The largest absolute Gasteiger partial charge is 0.497 e. The van der Waals surface area contributed by atoms with Crippen molar-refractivity contribution in [2.24, 2.45) is 0 Å². The molecular weight excluding hydrogens is 466 g/mol. The highest BCUT2D eigenvalue weighted by Crippen LogP contribution is 2.28. The smallest absolute Gasteiger partial charge is 0.397 e. The Balaban J connectivity index is 2.38. The molecule has 176 valence electrons. The van der Waals surface area contributed by atoms with E-state index in [0.29, 0.717) is 5.75 Å². The highest BCUT2D eigenvalue weighted by molar-refractivity contribution is 7.81. The molecule has 1 saturated heterocycles. The molecule has 0 radical (unpaired) electrons. The molecule has 0 saturated carbocycles. The molecule has 0 spiro atoms. The number of amides is 1. The first-order valence-electron chi connectivity index (χ1n) is 8.48. The number of benzene rings is 1. The Morgan fingerprint density at radius 2 is 1.68 bits per heavy atom. The molecule has 5 atom stereocenters. The van der Waals surface area contributed by atoms with Crippen molar-refractivity contribution in [3.8, 4) is 11.5 Å². The van der Waals surface area contributed by atoms with Crippen molar-refractivity contribution in [2.45, 2.75) is 37.6 Å². The predicted molar refractivity (Wildman–Crippen MR) is 99.8 cm³/mol. The molecule has 1 amide bonds. The van der Waals surface area contributed by atoms with Crippen molar-refractivity contribution >= 4 is 26.7 Å². The molecule has 16 heteroatoms. The second-order valence-corrected chi connectivity index (χ2v) is 8.39. The monoisotopic (exact) mass is 487 g/mol. The van der Waals surface area contributed by atoms with E-state index < -0.39 is 64.0 Å². The quantitative estimate of drug-likeness (QED) is 0.298. The van der Waals surface area contributed by atoms with E-state index in [4.69, 9.17) is 23.3 Å². The van der Waals surface area contributed by atoms with Crippen LogP contribution in [0.3, 0.4) is 0 Å². The lowest BCUT2D eigenvalue weighted by Gasteiger charge is -2.43. The summed E-state index contributed by atoms with van der Waals surface area (Å²) in [6.45, 7) is 0.107. The molecule has 31 heavy (non-hydrogen) atoms. The van der Waals surface area contributed by atoms with E-state index in [0.717, 1.165) is 6.92 Å². The number of aliphatic hydroxyl groups excluding tert-OH is 1. The van der Waals surface area contributed by atoms with Gasteiger partial charge in [-0.2, -0.15) is 16.8 Å². The maximum Gasteiger partial charge on any atom is 0.397 e. The van der Waals surface area contributed by atoms with Crippen LogP contribution in [0, 0.1) is 0 Å². The number of hydrogen-bond acceptors (Lipinski definition) is 11. The second kappa shape index (κ2) is 10.0. The molecule has 1 fully saturated rings. The molecule has 0 unspecified atom stereocenters. The number of methoxy groups -OCH3 is 1. The Labute approximate surface area is 177 Å². The Morgan fingerprint density at radius 1 is 1.10 bits per heavy atom. The van der Waals surface area contributed by atoms with E-state index in [-0.39, 0.29) is 5.75 Å². The van der Waals surface area contributed by atoms with Gasteiger partial charge in [0.2, 0.25) is 12.2 Å². The van der Waals surface area contributed by atoms with E-state index in [1.807, 2.05) is 0 Å². The maximum atomic E-state index is 11.6. The van der Waals surface area contributed by atoms with Crippen LogP contribution in [-0.2, 0) is 38.7 Å². The van der Waals surface area contributed by atoms with Crippen molar-refractivity contribution < 1.29 is 58.4 Å². The Morgan fingerprint density at radius 3 is 2.16 bits per heavy atom. The summed E-state index contributed by atoms with van der Waals surface area (Å²) < 4.78 is 86.8. The summed E-state index contributed by atoms with van der Waals surface area (Å²) >= 11 is 0. The lowest BCUT2D eigenvalue weighted by molar-refractivity contribution is -0.238. The number of carbonyl (C=O) groups excluding carboxylic acids is 1. The first-order chi connectivity index (χ1) is 14.3. The Hall–Kier alpha value is -2.05. The molecule has 1 aliphatic heterocycles. The van der Waals surface area contributed by atoms with Gasteiger partial charge in [-0.05, 0) is 24.3 Å². The summed E-state index contributed by atoms with van der Waals surface area (Å²) in [4.78, 5) is 11.6. The zero-order chi connectivity index (χ0) is 23.4. The third kappa shape index (κ3) is 7.86. The summed E-state index contributed by atoms with van der Waals surface area (Å²) in [5.41, 5.74) is 0. The topological polar surface area (TPSA) is 204 Å². The van der Waals surface area contributed by atoms with Gasteiger partial charge in [-0.15, -0.1) is 0 Å². The van der Waals surface area contributed by atoms with E-state index in [1.54, 1.807) is 0 Å². The van der Waals surface area contributed by atoms with Crippen molar-refractivity contribution in [3.05, 3.63) is 24.3 Å². The van der Waals surface area contributed by atoms with E-state index in [2.05, 4.69) is 13.7 Å². The van der Waals surface area contributed by atoms with Crippen LogP contribution in [0.25, 0.3) is 0 Å². The first-order valence-corrected chi connectivity index (χ1v) is 11.2. The number of nitrogens with one attached hydrogen (secondary N) is 1. The minimum absolute atomic E-state index is 0.151. The van der Waals surface area contributed by atoms with Crippen LogP contribution in [-0.4, -0.2) is 81.3 Å². The maximum absolute atomic E-state index is 11.6. The van der Waals surface area contributed by atoms with Crippen LogP contribution in [0.15, 0.2) is 24.3 Å². The van der Waals surface area contributed by atoms with E-state index >= 15 is 0 Å². The van der Waals surface area contributed by atoms with Crippen molar-refractivity contribution in [1.29, 1.82) is 0 Å². The molecule has 0 aromatic heterocycles. The summed E-state index contributed by atoms with van der Waals surface area (Å²) in [5, 5.41) is 12.7. The van der Waals surface area contributed by atoms with Gasteiger partial charge in [0.05, 0.1) is 13.7 Å². The molecule has 2 rings (SSSR count). The van der Waals surface area contributed by atoms with Gasteiger partial charge in [-0.1, -0.05) is 0 Å². The van der Waals surface area contributed by atoms with Gasteiger partial charge >= 0.3 is 20.8 Å². The molecule has 0 aliphatic carbocycles. The fourth-order valence-electron chi connectivity index (χ4n) is 2.74. The molecule has 1 aliphatic rings. The summed E-state index contributed by atoms with van der Waals surface area (Å²) in [6.07, 6.45) is -7.01. The lowest BCUT2D eigenvalue weighted by atomic mass is 9.97. The summed E-state index contributed by atoms with van der Waals surface area (Å²) in [7, 11) is -8.65. The van der Waals surface area contributed by atoms with Gasteiger partial charge in [-0.3, -0.25) is 13.9 Å². The third-order valence-corrected chi connectivity index (χ3v) is 4.87. The minimum atomic E-state index is -5.14. The highest BCUT2D eigenvalue weighted by atomic mass is 32.3. The zero-order valence-corrected chi connectivity index (χ0v) is 17.8. The summed E-state index contributed by atoms with van der Waals surface area (Å²) in [6, 6.07) is 4.44. The minimum Gasteiger partial charge on any atom is -0.497 e. The van der Waals surface area contributed by atoms with Crippen LogP contribution >= 0.6 is 0 Å². The van der Waals surface area contributed by atoms with E-state index in [1.165, 1.54) is 31.4 Å². The van der Waals surface area contributed by atoms with Crippen molar-refractivity contribution in [3.63, 3.8) is 0 Å². The zero-order valence-electron chi connectivity index (χ0n) is 16.1. The van der Waals surface area contributed by atoms with Gasteiger partial charge in [0.15, 0.2) is 0 Å². The lowest BCUT2D eigenvalue weighted by Crippen LogP contribution is -2.66. The Bertz CT molecular complexity index is 963. The molecule has 1 heterocycles. The SMILES string of the molecule is COc1ccc(O[C@@H]2O[C@H](COS(=O)(=O)O)[C@H](O)[C@H](OS(=O)(=O)O)[C@H]2NC(C)=O)cc1. The molecule has 4 N–H and O–H groups in total. The fraction of sp³-hybridized carbons (Fsp3) is 0.533. The van der Waals surface area contributed by atoms with Crippen LogP contribution < -0.4 is 14.8 Å². The van der Waals surface area contributed by atoms with Gasteiger partial charge in [-0.25, -0.2) is 8.37 Å². The number of aliphatic hydroxyl groups is 1. The number of carbonyl (C=O) groups is 1. The Kier molecular flexibility index (Phi) is 8.17. The van der Waals surface area contributed by atoms with Crippen LogP contribution in [0.2, 0.25) is 0 Å². The van der Waals surface area contributed by atoms with Gasteiger partial charge in [0.1, 0.15) is 35.9 Å². The van der Waals surface area contributed by atoms with Crippen molar-refractivity contribution in [2.75, 3.05) is 13.7 Å². The van der Waals surface area contributed by atoms with Gasteiger partial charge in [0, 0.05) is 6.92 Å². The number of hydrogen-bond donors (Lipinski definition) is 4. The van der Waals surface area contributed by atoms with E-state index in [9.17, 15) is 26.7 Å². The molecule has 0 bridgehead atoms. The molecular formula is C15H21NO13S2. The third-order valence-electron chi connectivity index (χ3n) is 3.97. The molecule has 1 aromatic carbocycles. The molecule has 1 aromatic rings. The van der Waals surface area contributed by atoms with Gasteiger partial charge < -0.3 is 24.6 Å². The van der Waals surface area contributed by atoms with Crippen LogP contribution in [0.5, 0.6) is 11.5 Å². The van der Waals surface area contributed by atoms with Crippen LogP contribution in [0.4, 0.5) is 0 Å². The van der Waals surface area contributed by atoms with Crippen molar-refractivity contribution in [1.82, 2.24) is 5.32 Å². The average Bonchev–Trinajstić information content (AvgIpc) is 2.64. The number of rotatable bonds is 9. The van der Waals surface area contributed by atoms with Gasteiger partial charge in [0.25, 0.3) is 0 Å². The number of ether oxygens (including phenoxy) is 3. The first kappa shape index (κ1) is 25.2. The molecule has 14 nitrogen and oxygen atoms in total. The summed E-state index contributed by atoms with van der Waals surface area (Å²) in [5.74, 6) is -0.0592. The normalized spacial score (nSPS) is 26.8. The standard InChI is InChI=1S/C15H21NO13S2/c1-8(17)16-12-14(29-31(22,23)24)13(18)11(7-26-30(19,20)21)28-15(12)27-10-5-3-9(25-2)4-6-10/h3-6,11-15,18H,7H2,1-2H3,(H,16,17)(H,19,20,21)(H,22,23,24)/t11-,12-,13+,14-,15-/m1/s1. The second-order valence-electron chi connectivity index (χ2n) is 6.25. The highest BCUT2D eigenvalue weighted by Gasteiger charge is 2.50. The fourth-order valence-corrected chi connectivity index (χ4v) is 3.56.